The highest BCUT2D eigenvalue weighted by atomic mass is 16.5. The number of nitrogens with zero attached hydrogens (tertiary/aromatic N) is 1. The van der Waals surface area contributed by atoms with Crippen molar-refractivity contribution in [2.75, 3.05) is 29.2 Å². The number of piperidine rings is 1. The Morgan fingerprint density at radius 3 is 2.52 bits per heavy atom. The average Bonchev–Trinajstić information content (AvgIpc) is 2.63. The number of ether oxygens (including phenoxy) is 1. The van der Waals surface area contributed by atoms with Crippen molar-refractivity contribution in [1.29, 1.82) is 0 Å². The standard InChI is InChI=1S/C19H21N3O3/c1-25-17-6-4-5-15(13-17)21-19(24)20-14-8-10-16(11-9-14)22-12-3-2-7-18(22)23/h4-6,8-11,13H,2-3,7,12H2,1H3,(H2,20,21,24). The summed E-state index contributed by atoms with van der Waals surface area (Å²) in [6.07, 6.45) is 2.58. The molecule has 1 aliphatic rings. The van der Waals surface area contributed by atoms with Gasteiger partial charge in [-0.05, 0) is 49.2 Å². The topological polar surface area (TPSA) is 70.7 Å². The van der Waals surface area contributed by atoms with Gasteiger partial charge >= 0.3 is 6.03 Å². The molecule has 2 aromatic carbocycles. The number of hydrogen-bond donors (Lipinski definition) is 2. The third-order valence-electron chi connectivity index (χ3n) is 4.09. The van der Waals surface area contributed by atoms with Crippen molar-refractivity contribution in [3.8, 4) is 5.75 Å². The van der Waals surface area contributed by atoms with E-state index < -0.39 is 0 Å². The van der Waals surface area contributed by atoms with Gasteiger partial charge < -0.3 is 20.3 Å². The molecule has 0 spiro atoms. The second kappa shape index (κ2) is 7.70. The largest absolute Gasteiger partial charge is 0.497 e. The van der Waals surface area contributed by atoms with Crippen LogP contribution in [0, 0.1) is 0 Å². The van der Waals surface area contributed by atoms with Gasteiger partial charge in [0.1, 0.15) is 5.75 Å². The lowest BCUT2D eigenvalue weighted by Crippen LogP contribution is -2.35. The van der Waals surface area contributed by atoms with E-state index in [1.807, 2.05) is 18.2 Å². The number of nitrogens with one attached hydrogen (secondary N) is 2. The molecule has 3 rings (SSSR count). The Labute approximate surface area is 146 Å². The molecule has 0 aromatic heterocycles. The zero-order valence-corrected chi connectivity index (χ0v) is 14.1. The van der Waals surface area contributed by atoms with E-state index >= 15 is 0 Å². The van der Waals surface area contributed by atoms with Gasteiger partial charge in [-0.25, -0.2) is 4.79 Å². The fourth-order valence-corrected chi connectivity index (χ4v) is 2.80. The quantitative estimate of drug-likeness (QED) is 0.889. The van der Waals surface area contributed by atoms with Crippen molar-refractivity contribution in [2.24, 2.45) is 0 Å². The monoisotopic (exact) mass is 339 g/mol. The van der Waals surface area contributed by atoms with Crippen LogP contribution in [0.5, 0.6) is 5.75 Å². The molecule has 3 amide bonds. The third-order valence-corrected chi connectivity index (χ3v) is 4.09. The van der Waals surface area contributed by atoms with E-state index in [0.29, 0.717) is 23.5 Å². The molecule has 1 saturated heterocycles. The first kappa shape index (κ1) is 16.8. The minimum Gasteiger partial charge on any atom is -0.497 e. The Bertz CT molecular complexity index is 759. The molecule has 0 saturated carbocycles. The summed E-state index contributed by atoms with van der Waals surface area (Å²) in [6.45, 7) is 0.752. The normalized spacial score (nSPS) is 14.1. The van der Waals surface area contributed by atoms with Gasteiger partial charge in [0, 0.05) is 36.1 Å². The molecule has 1 heterocycles. The fraction of sp³-hybridized carbons (Fsp3) is 0.263. The van der Waals surface area contributed by atoms with Crippen LogP contribution in [0.2, 0.25) is 0 Å². The van der Waals surface area contributed by atoms with Gasteiger partial charge in [0.05, 0.1) is 7.11 Å². The van der Waals surface area contributed by atoms with Crippen LogP contribution in [0.3, 0.4) is 0 Å². The van der Waals surface area contributed by atoms with E-state index in [4.69, 9.17) is 4.74 Å². The Morgan fingerprint density at radius 2 is 1.80 bits per heavy atom. The van der Waals surface area contributed by atoms with Gasteiger partial charge in [-0.2, -0.15) is 0 Å². The lowest BCUT2D eigenvalue weighted by molar-refractivity contribution is -0.119. The molecule has 0 bridgehead atoms. The minimum absolute atomic E-state index is 0.155. The van der Waals surface area contributed by atoms with Gasteiger partial charge in [0.25, 0.3) is 0 Å². The average molecular weight is 339 g/mol. The van der Waals surface area contributed by atoms with Crippen molar-refractivity contribution in [1.82, 2.24) is 0 Å². The number of methoxy groups -OCH3 is 1. The van der Waals surface area contributed by atoms with Crippen molar-refractivity contribution >= 4 is 29.0 Å². The highest BCUT2D eigenvalue weighted by Crippen LogP contribution is 2.23. The summed E-state index contributed by atoms with van der Waals surface area (Å²) in [5, 5.41) is 5.53. The summed E-state index contributed by atoms with van der Waals surface area (Å²) >= 11 is 0. The van der Waals surface area contributed by atoms with E-state index in [1.54, 1.807) is 42.3 Å². The second-order valence-electron chi connectivity index (χ2n) is 5.86. The lowest BCUT2D eigenvalue weighted by atomic mass is 10.1. The minimum atomic E-state index is -0.338. The van der Waals surface area contributed by atoms with Gasteiger partial charge in [-0.15, -0.1) is 0 Å². The Kier molecular flexibility index (Phi) is 5.18. The molecule has 0 radical (unpaired) electrons. The van der Waals surface area contributed by atoms with Gasteiger partial charge in [-0.3, -0.25) is 4.79 Å². The van der Waals surface area contributed by atoms with Crippen LogP contribution in [-0.4, -0.2) is 25.6 Å². The Hall–Kier alpha value is -3.02. The van der Waals surface area contributed by atoms with Gasteiger partial charge in [-0.1, -0.05) is 6.07 Å². The highest BCUT2D eigenvalue weighted by molar-refractivity contribution is 6.00. The van der Waals surface area contributed by atoms with Gasteiger partial charge in [0.2, 0.25) is 5.91 Å². The van der Waals surface area contributed by atoms with E-state index in [9.17, 15) is 9.59 Å². The number of rotatable bonds is 4. The number of anilines is 3. The Morgan fingerprint density at radius 1 is 1.04 bits per heavy atom. The van der Waals surface area contributed by atoms with Crippen molar-refractivity contribution in [3.63, 3.8) is 0 Å². The maximum atomic E-state index is 12.1. The summed E-state index contributed by atoms with van der Waals surface area (Å²) in [7, 11) is 1.58. The first-order valence-corrected chi connectivity index (χ1v) is 8.28. The molecule has 130 valence electrons. The van der Waals surface area contributed by atoms with Crippen molar-refractivity contribution in [3.05, 3.63) is 48.5 Å². The molecule has 6 heteroatoms. The van der Waals surface area contributed by atoms with Crippen LogP contribution in [0.15, 0.2) is 48.5 Å². The SMILES string of the molecule is COc1cccc(NC(=O)Nc2ccc(N3CCCCC3=O)cc2)c1. The first-order chi connectivity index (χ1) is 12.2. The summed E-state index contributed by atoms with van der Waals surface area (Å²) in [5.41, 5.74) is 2.17. The van der Waals surface area contributed by atoms with Crippen LogP contribution >= 0.6 is 0 Å². The summed E-state index contributed by atoms with van der Waals surface area (Å²) in [6, 6.07) is 14.1. The Balaban J connectivity index is 1.60. The molecule has 25 heavy (non-hydrogen) atoms. The lowest BCUT2D eigenvalue weighted by Gasteiger charge is -2.26. The molecule has 0 atom stereocenters. The van der Waals surface area contributed by atoms with Crippen LogP contribution in [0.1, 0.15) is 19.3 Å². The summed E-state index contributed by atoms with van der Waals surface area (Å²) in [4.78, 5) is 25.8. The van der Waals surface area contributed by atoms with Crippen LogP contribution in [0.25, 0.3) is 0 Å². The molecular weight excluding hydrogens is 318 g/mol. The molecule has 0 aliphatic carbocycles. The van der Waals surface area contributed by atoms with Crippen molar-refractivity contribution in [2.45, 2.75) is 19.3 Å². The predicted molar refractivity (Wildman–Crippen MR) is 98.3 cm³/mol. The van der Waals surface area contributed by atoms with E-state index in [-0.39, 0.29) is 11.9 Å². The summed E-state index contributed by atoms with van der Waals surface area (Å²) < 4.78 is 5.13. The fourth-order valence-electron chi connectivity index (χ4n) is 2.80. The third kappa shape index (κ3) is 4.29. The van der Waals surface area contributed by atoms with Crippen LogP contribution in [0.4, 0.5) is 21.9 Å². The molecule has 2 aromatic rings. The second-order valence-corrected chi connectivity index (χ2v) is 5.86. The van der Waals surface area contributed by atoms with Gasteiger partial charge in [0.15, 0.2) is 0 Å². The molecule has 1 aliphatic heterocycles. The van der Waals surface area contributed by atoms with Crippen molar-refractivity contribution < 1.29 is 14.3 Å². The van der Waals surface area contributed by atoms with E-state index in [2.05, 4.69) is 10.6 Å². The van der Waals surface area contributed by atoms with Crippen LogP contribution < -0.4 is 20.3 Å². The number of hydrogen-bond acceptors (Lipinski definition) is 3. The maximum absolute atomic E-state index is 12.1. The number of carbonyl (C=O) groups is 2. The van der Waals surface area contributed by atoms with E-state index in [0.717, 1.165) is 25.1 Å². The smallest absolute Gasteiger partial charge is 0.323 e. The number of amides is 3. The molecule has 2 N–H and O–H groups in total. The first-order valence-electron chi connectivity index (χ1n) is 8.28. The zero-order valence-electron chi connectivity index (χ0n) is 14.1. The number of carbonyl (C=O) groups excluding carboxylic acids is 2. The molecule has 0 unspecified atom stereocenters. The van der Waals surface area contributed by atoms with E-state index in [1.165, 1.54) is 0 Å². The predicted octanol–water partition coefficient (Wildman–Crippen LogP) is 3.86. The maximum Gasteiger partial charge on any atom is 0.323 e. The van der Waals surface area contributed by atoms with Crippen LogP contribution in [-0.2, 0) is 4.79 Å². The zero-order chi connectivity index (χ0) is 17.6. The number of benzene rings is 2. The molecule has 1 fully saturated rings. The highest BCUT2D eigenvalue weighted by Gasteiger charge is 2.19. The number of urea groups is 1. The summed E-state index contributed by atoms with van der Waals surface area (Å²) in [5.74, 6) is 0.830. The molecule has 6 nitrogen and oxygen atoms in total. The molecular formula is C19H21N3O3.